The molecule has 0 spiro atoms. The number of ether oxygens (including phenoxy) is 2. The zero-order chi connectivity index (χ0) is 23.1. The lowest BCUT2D eigenvalue weighted by molar-refractivity contribution is -0.127. The Morgan fingerprint density at radius 1 is 0.969 bits per heavy atom. The van der Waals surface area contributed by atoms with Crippen LogP contribution in [0.2, 0.25) is 0 Å². The number of hydrogen-bond donors (Lipinski definition) is 0. The summed E-state index contributed by atoms with van der Waals surface area (Å²) in [6.45, 7) is 8.84. The molecule has 2 aromatic rings. The highest BCUT2D eigenvalue weighted by Crippen LogP contribution is 2.28. The molecule has 0 N–H and O–H groups in total. The molecule has 0 radical (unpaired) electrons. The summed E-state index contributed by atoms with van der Waals surface area (Å²) in [6, 6.07) is 13.4. The lowest BCUT2D eigenvalue weighted by Crippen LogP contribution is -2.50. The summed E-state index contributed by atoms with van der Waals surface area (Å²) in [6.07, 6.45) is 3.34. The van der Waals surface area contributed by atoms with Crippen molar-refractivity contribution in [3.8, 4) is 11.5 Å². The highest BCUT2D eigenvalue weighted by atomic mass is 16.5. The van der Waals surface area contributed by atoms with E-state index in [4.69, 9.17) is 9.47 Å². The molecule has 0 aromatic heterocycles. The molecule has 0 aliphatic carbocycles. The number of amides is 2. The number of methoxy groups -OCH3 is 1. The summed E-state index contributed by atoms with van der Waals surface area (Å²) >= 11 is 0. The van der Waals surface area contributed by atoms with Crippen LogP contribution in [0.15, 0.2) is 48.5 Å². The monoisotopic (exact) mass is 436 g/mol. The molecule has 0 atom stereocenters. The SMILES string of the molecule is CCOc1ccc(/C=C/C(=O)N2CCN(C(=O)c3ccc(C(C)C)cc3)CC2)cc1OC. The van der Waals surface area contributed by atoms with E-state index in [1.165, 1.54) is 5.56 Å². The van der Waals surface area contributed by atoms with Crippen molar-refractivity contribution >= 4 is 17.9 Å². The van der Waals surface area contributed by atoms with Gasteiger partial charge in [0.1, 0.15) is 0 Å². The van der Waals surface area contributed by atoms with Gasteiger partial charge in [0.2, 0.25) is 5.91 Å². The lowest BCUT2D eigenvalue weighted by Gasteiger charge is -2.34. The second-order valence-electron chi connectivity index (χ2n) is 8.07. The maximum atomic E-state index is 12.8. The molecule has 6 heteroatoms. The van der Waals surface area contributed by atoms with Crippen molar-refractivity contribution in [3.05, 3.63) is 65.2 Å². The van der Waals surface area contributed by atoms with Gasteiger partial charge in [0, 0.05) is 37.8 Å². The second kappa shape index (κ2) is 10.8. The molecule has 0 saturated carbocycles. The first-order valence-corrected chi connectivity index (χ1v) is 11.1. The Balaban J connectivity index is 1.55. The highest BCUT2D eigenvalue weighted by Gasteiger charge is 2.24. The zero-order valence-electron chi connectivity index (χ0n) is 19.3. The van der Waals surface area contributed by atoms with Crippen molar-refractivity contribution in [2.75, 3.05) is 39.9 Å². The van der Waals surface area contributed by atoms with Gasteiger partial charge in [0.05, 0.1) is 13.7 Å². The number of rotatable bonds is 7. The largest absolute Gasteiger partial charge is 0.493 e. The van der Waals surface area contributed by atoms with Gasteiger partial charge < -0.3 is 19.3 Å². The van der Waals surface area contributed by atoms with Crippen LogP contribution in [-0.2, 0) is 4.79 Å². The predicted molar refractivity (Wildman–Crippen MR) is 126 cm³/mol. The molecule has 6 nitrogen and oxygen atoms in total. The number of hydrogen-bond acceptors (Lipinski definition) is 4. The van der Waals surface area contributed by atoms with E-state index in [-0.39, 0.29) is 11.8 Å². The lowest BCUT2D eigenvalue weighted by atomic mass is 10.0. The first-order valence-electron chi connectivity index (χ1n) is 11.1. The Morgan fingerprint density at radius 2 is 1.62 bits per heavy atom. The fourth-order valence-corrected chi connectivity index (χ4v) is 3.66. The van der Waals surface area contributed by atoms with Crippen LogP contribution < -0.4 is 9.47 Å². The van der Waals surface area contributed by atoms with E-state index in [1.807, 2.05) is 54.3 Å². The van der Waals surface area contributed by atoms with E-state index < -0.39 is 0 Å². The minimum Gasteiger partial charge on any atom is -0.493 e. The molecular weight excluding hydrogens is 404 g/mol. The maximum absolute atomic E-state index is 12.8. The molecule has 2 amide bonds. The average molecular weight is 437 g/mol. The van der Waals surface area contributed by atoms with Crippen molar-refractivity contribution < 1.29 is 19.1 Å². The van der Waals surface area contributed by atoms with Gasteiger partial charge in [-0.2, -0.15) is 0 Å². The van der Waals surface area contributed by atoms with Crippen LogP contribution >= 0.6 is 0 Å². The maximum Gasteiger partial charge on any atom is 0.253 e. The Kier molecular flexibility index (Phi) is 7.92. The van der Waals surface area contributed by atoms with Crippen molar-refractivity contribution in [3.63, 3.8) is 0 Å². The molecule has 1 heterocycles. The predicted octanol–water partition coefficient (Wildman–Crippen LogP) is 4.22. The van der Waals surface area contributed by atoms with Gasteiger partial charge in [-0.3, -0.25) is 9.59 Å². The summed E-state index contributed by atoms with van der Waals surface area (Å²) in [5.41, 5.74) is 2.77. The van der Waals surface area contributed by atoms with Crippen LogP contribution in [0.4, 0.5) is 0 Å². The molecule has 3 rings (SSSR count). The van der Waals surface area contributed by atoms with E-state index in [1.54, 1.807) is 24.2 Å². The molecule has 0 bridgehead atoms. The fraction of sp³-hybridized carbons (Fsp3) is 0.385. The average Bonchev–Trinajstić information content (AvgIpc) is 2.83. The van der Waals surface area contributed by atoms with E-state index in [0.717, 1.165) is 5.56 Å². The molecule has 0 unspecified atom stereocenters. The number of benzene rings is 2. The zero-order valence-corrected chi connectivity index (χ0v) is 19.3. The van der Waals surface area contributed by atoms with E-state index in [2.05, 4.69) is 13.8 Å². The van der Waals surface area contributed by atoms with Crippen LogP contribution in [0.5, 0.6) is 11.5 Å². The standard InChI is InChI=1S/C26H32N2O4/c1-5-32-23-12-6-20(18-24(23)31-4)7-13-25(29)27-14-16-28(17-15-27)26(30)22-10-8-21(9-11-22)19(2)3/h6-13,18-19H,5,14-17H2,1-4H3/b13-7+. The van der Waals surface area contributed by atoms with Gasteiger partial charge in [-0.25, -0.2) is 0 Å². The van der Waals surface area contributed by atoms with Crippen LogP contribution in [0.25, 0.3) is 6.08 Å². The highest BCUT2D eigenvalue weighted by molar-refractivity contribution is 5.95. The van der Waals surface area contributed by atoms with Gasteiger partial charge in [-0.05, 0) is 54.3 Å². The Morgan fingerprint density at radius 3 is 2.22 bits per heavy atom. The second-order valence-corrected chi connectivity index (χ2v) is 8.07. The summed E-state index contributed by atoms with van der Waals surface area (Å²) in [4.78, 5) is 29.0. The summed E-state index contributed by atoms with van der Waals surface area (Å²) < 4.78 is 10.9. The van der Waals surface area contributed by atoms with Gasteiger partial charge >= 0.3 is 0 Å². The topological polar surface area (TPSA) is 59.1 Å². The quantitative estimate of drug-likeness (QED) is 0.610. The third-order valence-corrected chi connectivity index (χ3v) is 5.61. The van der Waals surface area contributed by atoms with E-state index >= 15 is 0 Å². The fourth-order valence-electron chi connectivity index (χ4n) is 3.66. The summed E-state index contributed by atoms with van der Waals surface area (Å²) in [5.74, 6) is 1.70. The number of nitrogens with zero attached hydrogens (tertiary/aromatic N) is 2. The van der Waals surface area contributed by atoms with Crippen molar-refractivity contribution in [2.45, 2.75) is 26.7 Å². The molecule has 32 heavy (non-hydrogen) atoms. The molecule has 2 aromatic carbocycles. The third kappa shape index (κ3) is 5.69. The van der Waals surface area contributed by atoms with Gasteiger partial charge in [-0.15, -0.1) is 0 Å². The summed E-state index contributed by atoms with van der Waals surface area (Å²) in [7, 11) is 1.59. The number of carbonyl (C=O) groups excluding carboxylic acids is 2. The first-order chi connectivity index (χ1) is 15.4. The minimum absolute atomic E-state index is 0.0180. The van der Waals surface area contributed by atoms with Crippen LogP contribution in [0.1, 0.15) is 48.2 Å². The summed E-state index contributed by atoms with van der Waals surface area (Å²) in [5, 5.41) is 0. The minimum atomic E-state index is -0.0637. The first kappa shape index (κ1) is 23.4. The van der Waals surface area contributed by atoms with Gasteiger partial charge in [0.15, 0.2) is 11.5 Å². The Bertz CT molecular complexity index is 958. The van der Waals surface area contributed by atoms with Crippen LogP contribution in [0.3, 0.4) is 0 Å². The molecule has 1 aliphatic rings. The Hall–Kier alpha value is -3.28. The molecule has 1 saturated heterocycles. The van der Waals surface area contributed by atoms with Crippen LogP contribution in [0, 0.1) is 0 Å². The molecular formula is C26H32N2O4. The van der Waals surface area contributed by atoms with Crippen molar-refractivity contribution in [1.29, 1.82) is 0 Å². The van der Waals surface area contributed by atoms with Gasteiger partial charge in [0.25, 0.3) is 5.91 Å². The van der Waals surface area contributed by atoms with Crippen molar-refractivity contribution in [1.82, 2.24) is 9.80 Å². The number of piperazine rings is 1. The normalized spacial score (nSPS) is 14.2. The van der Waals surface area contributed by atoms with E-state index in [9.17, 15) is 9.59 Å². The van der Waals surface area contributed by atoms with Crippen molar-refractivity contribution in [2.24, 2.45) is 0 Å². The Labute approximate surface area is 190 Å². The molecule has 1 aliphatic heterocycles. The number of carbonyl (C=O) groups is 2. The molecule has 170 valence electrons. The smallest absolute Gasteiger partial charge is 0.253 e. The van der Waals surface area contributed by atoms with Gasteiger partial charge in [-0.1, -0.05) is 32.0 Å². The third-order valence-electron chi connectivity index (χ3n) is 5.61. The van der Waals surface area contributed by atoms with Crippen LogP contribution in [-0.4, -0.2) is 61.5 Å². The molecule has 1 fully saturated rings. The van der Waals surface area contributed by atoms with E-state index in [0.29, 0.717) is 55.8 Å².